The predicted octanol–water partition coefficient (Wildman–Crippen LogP) is 6.35. The van der Waals surface area contributed by atoms with E-state index in [4.69, 9.17) is 13.9 Å². The Morgan fingerprint density at radius 3 is 2.56 bits per heavy atom. The van der Waals surface area contributed by atoms with Gasteiger partial charge < -0.3 is 13.9 Å². The van der Waals surface area contributed by atoms with Crippen molar-refractivity contribution < 1.29 is 23.5 Å². The third-order valence-corrected chi connectivity index (χ3v) is 7.06. The summed E-state index contributed by atoms with van der Waals surface area (Å²) in [5, 5.41) is 3.51. The molecular weight excluding hydrogens is 516 g/mol. The third kappa shape index (κ3) is 5.39. The maximum Gasteiger partial charge on any atom is 0.338 e. The van der Waals surface area contributed by atoms with Gasteiger partial charge in [-0.25, -0.2) is 9.78 Å². The summed E-state index contributed by atoms with van der Waals surface area (Å²) in [7, 11) is 0. The highest BCUT2D eigenvalue weighted by Crippen LogP contribution is 2.32. The minimum Gasteiger partial charge on any atom is -0.473 e. The molecule has 198 valence electrons. The topological polar surface area (TPSA) is 108 Å². The van der Waals surface area contributed by atoms with Crippen molar-refractivity contribution in [2.24, 2.45) is 0 Å². The van der Waals surface area contributed by atoms with Crippen molar-refractivity contribution in [1.82, 2.24) is 4.98 Å². The number of ether oxygens (including phenoxy) is 2. The SMILES string of the molecule is CCOC(=O)c1ccc2nc(NC(=O)C(CC)Oc3c(-c4ccc(C)cc4)oc4ccccc4c3=O)sc2c1. The largest absolute Gasteiger partial charge is 0.473 e. The number of amides is 1. The summed E-state index contributed by atoms with van der Waals surface area (Å²) < 4.78 is 18.0. The van der Waals surface area contributed by atoms with Gasteiger partial charge in [0.25, 0.3) is 5.91 Å². The minimum atomic E-state index is -0.986. The summed E-state index contributed by atoms with van der Waals surface area (Å²) in [5.74, 6) is -0.639. The molecule has 8 nitrogen and oxygen atoms in total. The Morgan fingerprint density at radius 2 is 1.82 bits per heavy atom. The van der Waals surface area contributed by atoms with E-state index in [1.54, 1.807) is 56.3 Å². The number of hydrogen-bond donors (Lipinski definition) is 1. The smallest absolute Gasteiger partial charge is 0.338 e. The third-order valence-electron chi connectivity index (χ3n) is 6.12. The number of carbonyl (C=O) groups excluding carboxylic acids is 2. The van der Waals surface area contributed by atoms with E-state index in [1.807, 2.05) is 31.2 Å². The van der Waals surface area contributed by atoms with E-state index in [1.165, 1.54) is 11.3 Å². The van der Waals surface area contributed by atoms with Crippen molar-refractivity contribution in [2.45, 2.75) is 33.3 Å². The van der Waals surface area contributed by atoms with E-state index >= 15 is 0 Å². The zero-order chi connectivity index (χ0) is 27.5. The van der Waals surface area contributed by atoms with Gasteiger partial charge in [0.05, 0.1) is 27.8 Å². The number of anilines is 1. The minimum absolute atomic E-state index is 0.0251. The van der Waals surface area contributed by atoms with Crippen molar-refractivity contribution in [3.63, 3.8) is 0 Å². The number of thiazole rings is 1. The zero-order valence-electron chi connectivity index (χ0n) is 21.6. The van der Waals surface area contributed by atoms with E-state index in [9.17, 15) is 14.4 Å². The first-order valence-electron chi connectivity index (χ1n) is 12.6. The van der Waals surface area contributed by atoms with Crippen LogP contribution in [0, 0.1) is 6.92 Å². The maximum absolute atomic E-state index is 13.5. The molecule has 0 saturated heterocycles. The maximum atomic E-state index is 13.5. The number of esters is 1. The quantitative estimate of drug-likeness (QED) is 0.228. The molecule has 1 N–H and O–H groups in total. The van der Waals surface area contributed by atoms with Crippen molar-refractivity contribution in [3.8, 4) is 17.1 Å². The van der Waals surface area contributed by atoms with Crippen LogP contribution in [-0.4, -0.2) is 29.6 Å². The molecule has 0 saturated carbocycles. The number of para-hydroxylation sites is 1. The van der Waals surface area contributed by atoms with Crippen molar-refractivity contribution >= 4 is 49.5 Å². The molecule has 3 aromatic carbocycles. The second-order valence-corrected chi connectivity index (χ2v) is 9.91. The Kier molecular flexibility index (Phi) is 7.42. The molecule has 0 fully saturated rings. The molecule has 0 spiro atoms. The normalized spacial score (nSPS) is 11.9. The fraction of sp³-hybridized carbons (Fsp3) is 0.200. The Morgan fingerprint density at radius 1 is 1.05 bits per heavy atom. The average molecular weight is 543 g/mol. The van der Waals surface area contributed by atoms with Crippen molar-refractivity contribution in [1.29, 1.82) is 0 Å². The molecule has 0 radical (unpaired) electrons. The van der Waals surface area contributed by atoms with Crippen LogP contribution in [0.15, 0.2) is 75.9 Å². The first-order chi connectivity index (χ1) is 18.9. The number of benzene rings is 3. The van der Waals surface area contributed by atoms with Gasteiger partial charge in [0.2, 0.25) is 11.2 Å². The Bertz CT molecular complexity index is 1740. The highest BCUT2D eigenvalue weighted by atomic mass is 32.1. The van der Waals surface area contributed by atoms with Gasteiger partial charge in [0.15, 0.2) is 17.0 Å². The van der Waals surface area contributed by atoms with Crippen LogP contribution in [0.3, 0.4) is 0 Å². The first-order valence-corrected chi connectivity index (χ1v) is 13.4. The summed E-state index contributed by atoms with van der Waals surface area (Å²) >= 11 is 1.23. The lowest BCUT2D eigenvalue weighted by atomic mass is 10.1. The average Bonchev–Trinajstić information content (AvgIpc) is 3.34. The highest BCUT2D eigenvalue weighted by Gasteiger charge is 2.26. The number of aromatic nitrogens is 1. The molecule has 5 aromatic rings. The molecule has 1 unspecified atom stereocenters. The number of rotatable bonds is 8. The van der Waals surface area contributed by atoms with Gasteiger partial charge in [-0.05, 0) is 50.6 Å². The Balaban J connectivity index is 1.45. The molecule has 0 aliphatic rings. The lowest BCUT2D eigenvalue weighted by Gasteiger charge is -2.18. The lowest BCUT2D eigenvalue weighted by Crippen LogP contribution is -2.34. The number of fused-ring (bicyclic) bond motifs is 2. The number of hydrogen-bond acceptors (Lipinski definition) is 8. The van der Waals surface area contributed by atoms with E-state index in [2.05, 4.69) is 10.3 Å². The van der Waals surface area contributed by atoms with Crippen molar-refractivity contribution in [3.05, 3.63) is 88.1 Å². The monoisotopic (exact) mass is 542 g/mol. The number of carbonyl (C=O) groups is 2. The molecule has 1 amide bonds. The molecule has 9 heteroatoms. The molecule has 0 aliphatic heterocycles. The molecule has 0 bridgehead atoms. The molecule has 0 aliphatic carbocycles. The fourth-order valence-corrected chi connectivity index (χ4v) is 5.00. The van der Waals surface area contributed by atoms with Gasteiger partial charge in [-0.2, -0.15) is 0 Å². The van der Waals surface area contributed by atoms with E-state index in [-0.39, 0.29) is 23.5 Å². The van der Waals surface area contributed by atoms with Gasteiger partial charge in [0.1, 0.15) is 5.58 Å². The Labute approximate surface area is 228 Å². The fourth-order valence-electron chi connectivity index (χ4n) is 4.10. The summed E-state index contributed by atoms with van der Waals surface area (Å²) in [6.07, 6.45) is -0.691. The van der Waals surface area contributed by atoms with Crippen LogP contribution in [0.4, 0.5) is 5.13 Å². The number of aryl methyl sites for hydroxylation is 1. The highest BCUT2D eigenvalue weighted by molar-refractivity contribution is 7.22. The van der Waals surface area contributed by atoms with Crippen LogP contribution in [0.5, 0.6) is 5.75 Å². The second kappa shape index (κ2) is 11.1. The molecular formula is C30H26N2O6S. The summed E-state index contributed by atoms with van der Waals surface area (Å²) in [4.78, 5) is 43.3. The van der Waals surface area contributed by atoms with Crippen LogP contribution >= 0.6 is 11.3 Å². The second-order valence-electron chi connectivity index (χ2n) is 8.88. The van der Waals surface area contributed by atoms with Crippen LogP contribution in [0.25, 0.3) is 32.5 Å². The van der Waals surface area contributed by atoms with E-state index < -0.39 is 18.0 Å². The van der Waals surface area contributed by atoms with Gasteiger partial charge in [-0.15, -0.1) is 0 Å². The van der Waals surface area contributed by atoms with Crippen LogP contribution in [0.2, 0.25) is 0 Å². The van der Waals surface area contributed by atoms with Crippen LogP contribution < -0.4 is 15.5 Å². The zero-order valence-corrected chi connectivity index (χ0v) is 22.5. The molecule has 2 aromatic heterocycles. The van der Waals surface area contributed by atoms with Crippen LogP contribution in [-0.2, 0) is 9.53 Å². The molecule has 1 atom stereocenters. The van der Waals surface area contributed by atoms with Crippen molar-refractivity contribution in [2.75, 3.05) is 11.9 Å². The van der Waals surface area contributed by atoms with Gasteiger partial charge in [0, 0.05) is 5.56 Å². The first kappa shape index (κ1) is 26.1. The van der Waals surface area contributed by atoms with Crippen LogP contribution in [0.1, 0.15) is 36.2 Å². The molecule has 5 rings (SSSR count). The van der Waals surface area contributed by atoms with Gasteiger partial charge in [-0.1, -0.05) is 60.2 Å². The lowest BCUT2D eigenvalue weighted by molar-refractivity contribution is -0.122. The Hall–Kier alpha value is -4.50. The summed E-state index contributed by atoms with van der Waals surface area (Å²) in [6.45, 7) is 5.78. The number of nitrogens with one attached hydrogen (secondary N) is 1. The van der Waals surface area contributed by atoms with E-state index in [0.717, 1.165) is 10.3 Å². The summed E-state index contributed by atoms with van der Waals surface area (Å²) in [6, 6.07) is 19.5. The predicted molar refractivity (Wildman–Crippen MR) is 152 cm³/mol. The number of nitrogens with zero attached hydrogens (tertiary/aromatic N) is 1. The molecule has 2 heterocycles. The van der Waals surface area contributed by atoms with Gasteiger partial charge in [-0.3, -0.25) is 14.9 Å². The standard InChI is InChI=1S/C30H26N2O6S/c1-4-22(28(34)32-30-31-21-15-14-19(16-24(21)39-30)29(35)36-5-2)37-27-25(33)20-8-6-7-9-23(20)38-26(27)18-12-10-17(3)11-13-18/h6-16,22H,4-5H2,1-3H3,(H,31,32,34). The molecule has 39 heavy (non-hydrogen) atoms. The van der Waals surface area contributed by atoms with E-state index in [0.29, 0.717) is 39.2 Å². The summed E-state index contributed by atoms with van der Waals surface area (Å²) in [5.41, 5.74) is 2.84. The van der Waals surface area contributed by atoms with Gasteiger partial charge >= 0.3 is 5.97 Å².